The molecule has 0 radical (unpaired) electrons. The smallest absolute Gasteiger partial charge is 0.261 e. The SMILES string of the molecule is C/C=C/c1ccc(OCCOCCn2cnc3ccccc3c2=O)c(OC)c1. The molecule has 0 fully saturated rings. The second-order valence-corrected chi connectivity index (χ2v) is 6.13. The molecule has 0 saturated heterocycles. The van der Waals surface area contributed by atoms with Crippen molar-refractivity contribution >= 4 is 17.0 Å². The number of para-hydroxylation sites is 1. The molecule has 0 N–H and O–H groups in total. The molecule has 0 aliphatic heterocycles. The molecule has 0 bridgehead atoms. The molecule has 0 aliphatic rings. The van der Waals surface area contributed by atoms with E-state index in [4.69, 9.17) is 14.2 Å². The van der Waals surface area contributed by atoms with E-state index in [9.17, 15) is 4.79 Å². The molecule has 0 atom stereocenters. The van der Waals surface area contributed by atoms with Crippen molar-refractivity contribution in [1.29, 1.82) is 0 Å². The molecule has 1 aromatic heterocycles. The van der Waals surface area contributed by atoms with Crippen LogP contribution in [0.1, 0.15) is 12.5 Å². The predicted octanol–water partition coefficient (Wildman–Crippen LogP) is 3.53. The topological polar surface area (TPSA) is 62.6 Å². The van der Waals surface area contributed by atoms with E-state index in [0.29, 0.717) is 48.8 Å². The Hall–Kier alpha value is -3.12. The number of hydrogen-bond donors (Lipinski definition) is 0. The van der Waals surface area contributed by atoms with Crippen molar-refractivity contribution in [2.24, 2.45) is 0 Å². The lowest BCUT2D eigenvalue weighted by atomic mass is 10.2. The second kappa shape index (κ2) is 9.71. The molecule has 0 saturated carbocycles. The van der Waals surface area contributed by atoms with E-state index in [0.717, 1.165) is 5.56 Å². The summed E-state index contributed by atoms with van der Waals surface area (Å²) >= 11 is 0. The summed E-state index contributed by atoms with van der Waals surface area (Å²) in [5.41, 5.74) is 1.70. The third-order valence-electron chi connectivity index (χ3n) is 4.24. The van der Waals surface area contributed by atoms with E-state index in [1.165, 1.54) is 0 Å². The minimum absolute atomic E-state index is 0.0589. The minimum Gasteiger partial charge on any atom is -0.493 e. The fourth-order valence-corrected chi connectivity index (χ4v) is 2.84. The number of nitrogens with zero attached hydrogens (tertiary/aromatic N) is 2. The van der Waals surface area contributed by atoms with Crippen molar-refractivity contribution < 1.29 is 14.2 Å². The fourth-order valence-electron chi connectivity index (χ4n) is 2.84. The number of aromatic nitrogens is 2. The molecular formula is C22H24N2O4. The first-order valence-corrected chi connectivity index (χ1v) is 9.18. The first kappa shape index (κ1) is 19.6. The van der Waals surface area contributed by atoms with Gasteiger partial charge in [0.2, 0.25) is 0 Å². The van der Waals surface area contributed by atoms with E-state index in [-0.39, 0.29) is 5.56 Å². The van der Waals surface area contributed by atoms with Gasteiger partial charge in [-0.2, -0.15) is 0 Å². The molecule has 6 heteroatoms. The number of benzene rings is 2. The molecule has 0 spiro atoms. The Morgan fingerprint density at radius 1 is 1.07 bits per heavy atom. The maximum Gasteiger partial charge on any atom is 0.261 e. The molecule has 2 aromatic carbocycles. The summed E-state index contributed by atoms with van der Waals surface area (Å²) in [6.07, 6.45) is 5.53. The molecule has 0 aliphatic carbocycles. The number of methoxy groups -OCH3 is 1. The van der Waals surface area contributed by atoms with Gasteiger partial charge in [0.1, 0.15) is 6.61 Å². The van der Waals surface area contributed by atoms with Gasteiger partial charge < -0.3 is 14.2 Å². The van der Waals surface area contributed by atoms with Gasteiger partial charge in [0, 0.05) is 0 Å². The molecule has 3 aromatic rings. The summed E-state index contributed by atoms with van der Waals surface area (Å²) in [7, 11) is 1.62. The Bertz CT molecular complexity index is 1010. The van der Waals surface area contributed by atoms with Crippen LogP contribution in [-0.4, -0.2) is 36.5 Å². The summed E-state index contributed by atoms with van der Waals surface area (Å²) in [5, 5.41) is 0.613. The first-order chi connectivity index (χ1) is 13.7. The lowest BCUT2D eigenvalue weighted by Crippen LogP contribution is -2.23. The van der Waals surface area contributed by atoms with Crippen molar-refractivity contribution in [3.8, 4) is 11.5 Å². The van der Waals surface area contributed by atoms with Gasteiger partial charge in [-0.25, -0.2) is 4.98 Å². The number of fused-ring (bicyclic) bond motifs is 1. The number of ether oxygens (including phenoxy) is 3. The highest BCUT2D eigenvalue weighted by Gasteiger charge is 2.05. The maximum absolute atomic E-state index is 12.4. The van der Waals surface area contributed by atoms with E-state index >= 15 is 0 Å². The van der Waals surface area contributed by atoms with Gasteiger partial charge in [0.05, 0.1) is 44.1 Å². The van der Waals surface area contributed by atoms with Crippen molar-refractivity contribution in [2.45, 2.75) is 13.5 Å². The number of allylic oxidation sites excluding steroid dienone is 1. The Morgan fingerprint density at radius 3 is 2.75 bits per heavy atom. The second-order valence-electron chi connectivity index (χ2n) is 6.13. The molecular weight excluding hydrogens is 356 g/mol. The summed E-state index contributed by atoms with van der Waals surface area (Å²) in [6, 6.07) is 13.1. The van der Waals surface area contributed by atoms with Crippen LogP contribution in [-0.2, 0) is 11.3 Å². The van der Waals surface area contributed by atoms with Crippen LogP contribution < -0.4 is 15.0 Å². The highest BCUT2D eigenvalue weighted by Crippen LogP contribution is 2.28. The first-order valence-electron chi connectivity index (χ1n) is 9.18. The summed E-state index contributed by atoms with van der Waals surface area (Å²) < 4.78 is 18.3. The zero-order valence-corrected chi connectivity index (χ0v) is 16.1. The molecule has 6 nitrogen and oxygen atoms in total. The van der Waals surface area contributed by atoms with Gasteiger partial charge in [-0.15, -0.1) is 0 Å². The van der Waals surface area contributed by atoms with Gasteiger partial charge >= 0.3 is 0 Å². The minimum atomic E-state index is -0.0589. The molecule has 28 heavy (non-hydrogen) atoms. The normalized spacial score (nSPS) is 11.2. The molecule has 3 rings (SSSR count). The van der Waals surface area contributed by atoms with Crippen molar-refractivity contribution in [1.82, 2.24) is 9.55 Å². The standard InChI is InChI=1S/C22H24N2O4/c1-3-6-17-9-10-20(21(15-17)26-2)28-14-13-27-12-11-24-16-23-19-8-5-4-7-18(19)22(24)25/h3-10,15-16H,11-14H2,1-2H3/b6-3+. The Labute approximate surface area is 164 Å². The van der Waals surface area contributed by atoms with E-state index in [1.54, 1.807) is 24.1 Å². The largest absolute Gasteiger partial charge is 0.493 e. The summed E-state index contributed by atoms with van der Waals surface area (Å²) in [5.74, 6) is 1.36. The van der Waals surface area contributed by atoms with Crippen LogP contribution in [0, 0.1) is 0 Å². The van der Waals surface area contributed by atoms with Gasteiger partial charge in [-0.05, 0) is 36.8 Å². The molecule has 0 unspecified atom stereocenters. The molecule has 146 valence electrons. The quantitative estimate of drug-likeness (QED) is 0.532. The van der Waals surface area contributed by atoms with Crippen molar-refractivity contribution in [3.05, 3.63) is 70.8 Å². The Balaban J connectivity index is 1.47. The summed E-state index contributed by atoms with van der Waals surface area (Å²) in [4.78, 5) is 16.7. The van der Waals surface area contributed by atoms with Gasteiger partial charge in [0.15, 0.2) is 11.5 Å². The van der Waals surface area contributed by atoms with Gasteiger partial charge in [-0.3, -0.25) is 9.36 Å². The highest BCUT2D eigenvalue weighted by molar-refractivity contribution is 5.76. The average Bonchev–Trinajstić information content (AvgIpc) is 2.73. The highest BCUT2D eigenvalue weighted by atomic mass is 16.5. The molecule has 1 heterocycles. The van der Waals surface area contributed by atoms with Gasteiger partial charge in [-0.1, -0.05) is 30.4 Å². The maximum atomic E-state index is 12.4. The van der Waals surface area contributed by atoms with Crippen LogP contribution in [0.25, 0.3) is 17.0 Å². The van der Waals surface area contributed by atoms with Crippen LogP contribution >= 0.6 is 0 Å². The van der Waals surface area contributed by atoms with Crippen molar-refractivity contribution in [3.63, 3.8) is 0 Å². The number of rotatable bonds is 9. The lowest BCUT2D eigenvalue weighted by molar-refractivity contribution is 0.0928. The monoisotopic (exact) mass is 380 g/mol. The van der Waals surface area contributed by atoms with Crippen LogP contribution in [0.4, 0.5) is 0 Å². The predicted molar refractivity (Wildman–Crippen MR) is 110 cm³/mol. The summed E-state index contributed by atoms with van der Waals surface area (Å²) in [6.45, 7) is 3.62. The third-order valence-corrected chi connectivity index (χ3v) is 4.24. The zero-order valence-electron chi connectivity index (χ0n) is 16.1. The van der Waals surface area contributed by atoms with Crippen LogP contribution in [0.15, 0.2) is 59.7 Å². The van der Waals surface area contributed by atoms with Crippen LogP contribution in [0.5, 0.6) is 11.5 Å². The third kappa shape index (κ3) is 4.78. The van der Waals surface area contributed by atoms with E-state index in [2.05, 4.69) is 4.98 Å². The average molecular weight is 380 g/mol. The molecule has 0 amide bonds. The van der Waals surface area contributed by atoms with Crippen LogP contribution in [0.3, 0.4) is 0 Å². The zero-order chi connectivity index (χ0) is 19.8. The van der Waals surface area contributed by atoms with E-state index < -0.39 is 0 Å². The Morgan fingerprint density at radius 2 is 1.93 bits per heavy atom. The fraction of sp³-hybridized carbons (Fsp3) is 0.273. The van der Waals surface area contributed by atoms with Crippen LogP contribution in [0.2, 0.25) is 0 Å². The lowest BCUT2D eigenvalue weighted by Gasteiger charge is -2.12. The Kier molecular flexibility index (Phi) is 6.81. The van der Waals surface area contributed by atoms with Gasteiger partial charge in [0.25, 0.3) is 5.56 Å². The van der Waals surface area contributed by atoms with E-state index in [1.807, 2.05) is 55.5 Å². The van der Waals surface area contributed by atoms with Crippen molar-refractivity contribution in [2.75, 3.05) is 26.9 Å². The number of hydrogen-bond acceptors (Lipinski definition) is 5.